The van der Waals surface area contributed by atoms with E-state index in [1.165, 1.54) is 10.6 Å². The van der Waals surface area contributed by atoms with E-state index in [2.05, 4.69) is 46.0 Å². The Morgan fingerprint density at radius 3 is 3.13 bits per heavy atom. The van der Waals surface area contributed by atoms with Crippen LogP contribution in [0.25, 0.3) is 0 Å². The van der Waals surface area contributed by atoms with Crippen molar-refractivity contribution in [3.8, 4) is 0 Å². The number of nitrogens with zero attached hydrogens (tertiary/aromatic N) is 1. The molecular weight excluding hydrogens is 272 g/mol. The molecule has 2 nitrogen and oxygen atoms in total. The second-order valence-electron chi connectivity index (χ2n) is 3.75. The number of nitrogens with two attached hydrogens (primary N) is 1. The van der Waals surface area contributed by atoms with Crippen molar-refractivity contribution in [3.05, 3.63) is 22.7 Å². The molecule has 1 aromatic carbocycles. The standard InChI is InChI=1S/C11H15BrN2S/c1-8-7-15-11-6-9(12)2-3-10(11)14(8)5-4-13/h2-3,6,8H,4-5,7,13H2,1H3. The molecule has 0 radical (unpaired) electrons. The highest BCUT2D eigenvalue weighted by atomic mass is 79.9. The summed E-state index contributed by atoms with van der Waals surface area (Å²) in [5, 5.41) is 0. The average Bonchev–Trinajstić information content (AvgIpc) is 2.22. The summed E-state index contributed by atoms with van der Waals surface area (Å²) in [6.45, 7) is 3.91. The van der Waals surface area contributed by atoms with E-state index >= 15 is 0 Å². The van der Waals surface area contributed by atoms with E-state index in [4.69, 9.17) is 5.73 Å². The van der Waals surface area contributed by atoms with Gasteiger partial charge in [0.1, 0.15) is 0 Å². The summed E-state index contributed by atoms with van der Waals surface area (Å²) in [6.07, 6.45) is 0. The summed E-state index contributed by atoms with van der Waals surface area (Å²) in [7, 11) is 0. The molecule has 0 aliphatic carbocycles. The van der Waals surface area contributed by atoms with Crippen molar-refractivity contribution < 1.29 is 0 Å². The van der Waals surface area contributed by atoms with Crippen molar-refractivity contribution in [1.82, 2.24) is 0 Å². The highest BCUT2D eigenvalue weighted by Crippen LogP contribution is 2.38. The Labute approximate surface area is 103 Å². The first-order chi connectivity index (χ1) is 7.22. The van der Waals surface area contributed by atoms with Gasteiger partial charge in [-0.3, -0.25) is 0 Å². The second-order valence-corrected chi connectivity index (χ2v) is 5.73. The van der Waals surface area contributed by atoms with Crippen LogP contribution in [0.15, 0.2) is 27.6 Å². The molecule has 1 aliphatic heterocycles. The van der Waals surface area contributed by atoms with Gasteiger partial charge in [0.25, 0.3) is 0 Å². The molecule has 1 heterocycles. The van der Waals surface area contributed by atoms with Crippen LogP contribution in [0.4, 0.5) is 5.69 Å². The van der Waals surface area contributed by atoms with Crippen LogP contribution in [0, 0.1) is 0 Å². The van der Waals surface area contributed by atoms with Crippen molar-refractivity contribution in [1.29, 1.82) is 0 Å². The number of rotatable bonds is 2. The van der Waals surface area contributed by atoms with Gasteiger partial charge < -0.3 is 10.6 Å². The smallest absolute Gasteiger partial charge is 0.0508 e. The van der Waals surface area contributed by atoms with Gasteiger partial charge in [0, 0.05) is 34.3 Å². The minimum atomic E-state index is 0.576. The highest BCUT2D eigenvalue weighted by Gasteiger charge is 2.22. The molecule has 0 amide bonds. The predicted octanol–water partition coefficient (Wildman–Crippen LogP) is 2.71. The fraction of sp³-hybridized carbons (Fsp3) is 0.455. The maximum atomic E-state index is 5.65. The molecule has 0 saturated carbocycles. The fourth-order valence-electron chi connectivity index (χ4n) is 1.86. The molecule has 1 atom stereocenters. The predicted molar refractivity (Wildman–Crippen MR) is 70.7 cm³/mol. The Bertz CT molecular complexity index is 356. The van der Waals surface area contributed by atoms with Gasteiger partial charge in [-0.25, -0.2) is 0 Å². The SMILES string of the molecule is CC1CSc2cc(Br)ccc2N1CCN. The Hall–Kier alpha value is -0.190. The van der Waals surface area contributed by atoms with Crippen LogP contribution >= 0.6 is 27.7 Å². The van der Waals surface area contributed by atoms with Crippen molar-refractivity contribution in [2.45, 2.75) is 17.9 Å². The van der Waals surface area contributed by atoms with E-state index in [0.29, 0.717) is 12.6 Å². The molecule has 2 N–H and O–H groups in total. The zero-order valence-corrected chi connectivity index (χ0v) is 11.1. The quantitative estimate of drug-likeness (QED) is 0.907. The van der Waals surface area contributed by atoms with Gasteiger partial charge in [0.15, 0.2) is 0 Å². The monoisotopic (exact) mass is 286 g/mol. The van der Waals surface area contributed by atoms with Crippen LogP contribution in [-0.2, 0) is 0 Å². The van der Waals surface area contributed by atoms with Gasteiger partial charge in [-0.05, 0) is 25.1 Å². The fourth-order valence-corrected chi connectivity index (χ4v) is 3.52. The molecule has 0 saturated heterocycles. The minimum Gasteiger partial charge on any atom is -0.366 e. The zero-order chi connectivity index (χ0) is 10.8. The second kappa shape index (κ2) is 4.76. The average molecular weight is 287 g/mol. The van der Waals surface area contributed by atoms with Gasteiger partial charge in [-0.1, -0.05) is 15.9 Å². The van der Waals surface area contributed by atoms with Crippen molar-refractivity contribution >= 4 is 33.4 Å². The third-order valence-electron chi connectivity index (χ3n) is 2.61. The van der Waals surface area contributed by atoms with Gasteiger partial charge >= 0.3 is 0 Å². The topological polar surface area (TPSA) is 29.3 Å². The van der Waals surface area contributed by atoms with E-state index in [9.17, 15) is 0 Å². The van der Waals surface area contributed by atoms with Crippen LogP contribution in [0.3, 0.4) is 0 Å². The molecule has 0 spiro atoms. The normalized spacial score (nSPS) is 20.2. The number of anilines is 1. The maximum absolute atomic E-state index is 5.65. The molecule has 2 rings (SSSR count). The maximum Gasteiger partial charge on any atom is 0.0508 e. The number of hydrogen-bond donors (Lipinski definition) is 1. The first-order valence-electron chi connectivity index (χ1n) is 5.11. The van der Waals surface area contributed by atoms with Crippen LogP contribution in [0.5, 0.6) is 0 Å². The van der Waals surface area contributed by atoms with Crippen LogP contribution < -0.4 is 10.6 Å². The molecule has 1 unspecified atom stereocenters. The Morgan fingerprint density at radius 1 is 1.60 bits per heavy atom. The first kappa shape index (κ1) is 11.3. The minimum absolute atomic E-state index is 0.576. The Kier molecular flexibility index (Phi) is 3.59. The molecular formula is C11H15BrN2S. The third kappa shape index (κ3) is 2.32. The first-order valence-corrected chi connectivity index (χ1v) is 6.89. The summed E-state index contributed by atoms with van der Waals surface area (Å²) < 4.78 is 1.15. The third-order valence-corrected chi connectivity index (χ3v) is 4.39. The van der Waals surface area contributed by atoms with Crippen LogP contribution in [0.2, 0.25) is 0 Å². The molecule has 4 heteroatoms. The Morgan fingerprint density at radius 2 is 2.40 bits per heavy atom. The molecule has 0 fully saturated rings. The lowest BCUT2D eigenvalue weighted by atomic mass is 10.2. The molecule has 1 aliphatic rings. The zero-order valence-electron chi connectivity index (χ0n) is 8.74. The van der Waals surface area contributed by atoms with Crippen LogP contribution in [-0.4, -0.2) is 24.9 Å². The van der Waals surface area contributed by atoms with Crippen molar-refractivity contribution in [3.63, 3.8) is 0 Å². The molecule has 1 aromatic rings. The molecule has 15 heavy (non-hydrogen) atoms. The Balaban J connectivity index is 2.34. The van der Waals surface area contributed by atoms with E-state index in [-0.39, 0.29) is 0 Å². The van der Waals surface area contributed by atoms with E-state index in [1.54, 1.807) is 0 Å². The number of thioether (sulfide) groups is 1. The lowest BCUT2D eigenvalue weighted by Crippen LogP contribution is -2.40. The van der Waals surface area contributed by atoms with Crippen LogP contribution in [0.1, 0.15) is 6.92 Å². The number of fused-ring (bicyclic) bond motifs is 1. The summed E-state index contributed by atoms with van der Waals surface area (Å²) in [6, 6.07) is 7.04. The summed E-state index contributed by atoms with van der Waals surface area (Å²) in [4.78, 5) is 3.76. The molecule has 82 valence electrons. The summed E-state index contributed by atoms with van der Waals surface area (Å²) in [5.74, 6) is 1.14. The van der Waals surface area contributed by atoms with Crippen molar-refractivity contribution in [2.24, 2.45) is 5.73 Å². The van der Waals surface area contributed by atoms with E-state index in [0.717, 1.165) is 16.8 Å². The largest absolute Gasteiger partial charge is 0.366 e. The number of halogens is 1. The molecule has 0 aromatic heterocycles. The molecule has 0 bridgehead atoms. The summed E-state index contributed by atoms with van der Waals surface area (Å²) in [5.41, 5.74) is 6.98. The van der Waals surface area contributed by atoms with Crippen molar-refractivity contribution in [2.75, 3.05) is 23.7 Å². The van der Waals surface area contributed by atoms with Gasteiger partial charge in [0.2, 0.25) is 0 Å². The van der Waals surface area contributed by atoms with E-state index < -0.39 is 0 Å². The number of benzene rings is 1. The van der Waals surface area contributed by atoms with Gasteiger partial charge in [0.05, 0.1) is 5.69 Å². The number of hydrogen-bond acceptors (Lipinski definition) is 3. The lowest BCUT2D eigenvalue weighted by molar-refractivity contribution is 0.678. The highest BCUT2D eigenvalue weighted by molar-refractivity contribution is 9.10. The lowest BCUT2D eigenvalue weighted by Gasteiger charge is -2.36. The summed E-state index contributed by atoms with van der Waals surface area (Å²) >= 11 is 5.44. The van der Waals surface area contributed by atoms with Gasteiger partial charge in [-0.2, -0.15) is 0 Å². The van der Waals surface area contributed by atoms with Gasteiger partial charge in [-0.15, -0.1) is 11.8 Å². The van der Waals surface area contributed by atoms with E-state index in [1.807, 2.05) is 11.8 Å².